The normalized spacial score (nSPS) is 29.6. The van der Waals surface area contributed by atoms with Crippen LogP contribution in [0.4, 0.5) is 11.7 Å². The van der Waals surface area contributed by atoms with Crippen LogP contribution in [0.5, 0.6) is 0 Å². The molecule has 1 unspecified atom stereocenters. The molecule has 30 heavy (non-hydrogen) atoms. The maximum absolute atomic E-state index is 12.8. The first-order valence-electron chi connectivity index (χ1n) is 11.3. The molecule has 2 aliphatic carbocycles. The van der Waals surface area contributed by atoms with E-state index < -0.39 is 0 Å². The first-order valence-corrected chi connectivity index (χ1v) is 11.3. The third-order valence-corrected chi connectivity index (χ3v) is 7.84. The van der Waals surface area contributed by atoms with E-state index in [0.29, 0.717) is 35.1 Å². The maximum Gasteiger partial charge on any atom is 0.316 e. The summed E-state index contributed by atoms with van der Waals surface area (Å²) < 4.78 is 5.91. The second-order valence-corrected chi connectivity index (χ2v) is 9.73. The van der Waals surface area contributed by atoms with E-state index in [1.807, 2.05) is 11.8 Å². The zero-order chi connectivity index (χ0) is 20.3. The number of carbonyl (C=O) groups excluding carboxylic acids is 1. The summed E-state index contributed by atoms with van der Waals surface area (Å²) in [5, 5.41) is 11.6. The Morgan fingerprint density at radius 3 is 2.47 bits per heavy atom. The van der Waals surface area contributed by atoms with Gasteiger partial charge in [0, 0.05) is 37.8 Å². The molecule has 3 heterocycles. The van der Waals surface area contributed by atoms with Gasteiger partial charge in [-0.25, -0.2) is 0 Å². The molecule has 7 nitrogen and oxygen atoms in total. The summed E-state index contributed by atoms with van der Waals surface area (Å²) in [7, 11) is 0. The van der Waals surface area contributed by atoms with Gasteiger partial charge in [0.2, 0.25) is 11.8 Å². The number of fused-ring (bicyclic) bond motifs is 1. The zero-order valence-corrected chi connectivity index (χ0v) is 17.5. The fraction of sp³-hybridized carbons (Fsp3) is 0.609. The minimum Gasteiger partial charge on any atom is -0.408 e. The molecule has 0 radical (unpaired) electrons. The number of likely N-dealkylation sites (tertiary alicyclic amines) is 1. The Morgan fingerprint density at radius 2 is 1.80 bits per heavy atom. The lowest BCUT2D eigenvalue weighted by atomic mass is 9.93. The van der Waals surface area contributed by atoms with E-state index in [4.69, 9.17) is 4.42 Å². The van der Waals surface area contributed by atoms with Crippen molar-refractivity contribution in [2.45, 2.75) is 44.6 Å². The number of benzene rings is 1. The minimum absolute atomic E-state index is 0.132. The molecule has 7 heteroatoms. The lowest BCUT2D eigenvalue weighted by Gasteiger charge is -2.33. The lowest BCUT2D eigenvalue weighted by Crippen LogP contribution is -2.45. The van der Waals surface area contributed by atoms with Gasteiger partial charge in [-0.2, -0.15) is 0 Å². The Balaban J connectivity index is 1.03. The molecule has 2 saturated heterocycles. The average Bonchev–Trinajstić information content (AvgIpc) is 3.55. The van der Waals surface area contributed by atoms with Crippen LogP contribution in [0, 0.1) is 17.3 Å². The highest BCUT2D eigenvalue weighted by molar-refractivity contribution is 5.83. The van der Waals surface area contributed by atoms with Crippen molar-refractivity contribution < 1.29 is 9.21 Å². The van der Waals surface area contributed by atoms with E-state index in [9.17, 15) is 4.79 Å². The number of amides is 1. The molecule has 2 saturated carbocycles. The van der Waals surface area contributed by atoms with Gasteiger partial charge >= 0.3 is 6.01 Å². The van der Waals surface area contributed by atoms with Gasteiger partial charge in [-0.3, -0.25) is 4.79 Å². The Hall–Kier alpha value is -2.57. The van der Waals surface area contributed by atoms with Gasteiger partial charge < -0.3 is 19.5 Å². The maximum atomic E-state index is 12.8. The quantitative estimate of drug-likeness (QED) is 0.821. The van der Waals surface area contributed by atoms with Crippen molar-refractivity contribution in [2.75, 3.05) is 36.4 Å². The minimum atomic E-state index is -0.348. The molecule has 4 fully saturated rings. The van der Waals surface area contributed by atoms with E-state index in [0.717, 1.165) is 39.0 Å². The molecule has 1 amide bonds. The van der Waals surface area contributed by atoms with E-state index in [-0.39, 0.29) is 11.9 Å². The Bertz CT molecular complexity index is 918. The van der Waals surface area contributed by atoms with E-state index in [1.54, 1.807) is 0 Å². The van der Waals surface area contributed by atoms with Gasteiger partial charge in [0.1, 0.15) is 6.04 Å². The third kappa shape index (κ3) is 3.15. The molecular formula is C23H29N5O2. The Kier molecular flexibility index (Phi) is 4.08. The molecule has 4 aliphatic rings. The second kappa shape index (κ2) is 6.72. The van der Waals surface area contributed by atoms with E-state index in [2.05, 4.69) is 50.7 Å². The van der Waals surface area contributed by atoms with Crippen molar-refractivity contribution in [1.82, 2.24) is 15.1 Å². The number of aromatic nitrogens is 2. The van der Waals surface area contributed by atoms with Crippen LogP contribution >= 0.6 is 0 Å². The monoisotopic (exact) mass is 407 g/mol. The van der Waals surface area contributed by atoms with Crippen molar-refractivity contribution >= 4 is 17.6 Å². The molecule has 1 aromatic carbocycles. The molecule has 1 aromatic heterocycles. The largest absolute Gasteiger partial charge is 0.408 e. The molecule has 158 valence electrons. The van der Waals surface area contributed by atoms with Crippen molar-refractivity contribution in [1.29, 1.82) is 0 Å². The number of rotatable bonds is 5. The van der Waals surface area contributed by atoms with Crippen molar-refractivity contribution in [2.24, 2.45) is 17.3 Å². The van der Waals surface area contributed by atoms with E-state index >= 15 is 0 Å². The molecule has 1 N–H and O–H groups in total. The number of piperidine rings is 2. The summed E-state index contributed by atoms with van der Waals surface area (Å²) >= 11 is 0. The average molecular weight is 408 g/mol. The van der Waals surface area contributed by atoms with Crippen LogP contribution in [0.15, 0.2) is 34.7 Å². The van der Waals surface area contributed by atoms with Crippen LogP contribution in [-0.2, 0) is 4.79 Å². The number of hydrogen-bond donors (Lipinski definition) is 1. The van der Waals surface area contributed by atoms with Crippen LogP contribution in [0.3, 0.4) is 0 Å². The standard InChI is InChI=1S/C23H29N5O2/c1-15(21(29)27-11-9-23(7-8-23)10-12-27)24-22-26-25-20(30-22)19-17-13-28(14-18(17)19)16-5-3-2-4-6-16/h2-6,15,17-19H,7-14H2,1H3,(H,24,26)/t15-,17-,18+,19?/m0/s1. The third-order valence-electron chi connectivity index (χ3n) is 7.84. The van der Waals surface area contributed by atoms with Crippen LogP contribution in [0.1, 0.15) is 44.4 Å². The zero-order valence-electron chi connectivity index (χ0n) is 17.5. The van der Waals surface area contributed by atoms with Crippen LogP contribution in [-0.4, -0.2) is 53.2 Å². The van der Waals surface area contributed by atoms with Gasteiger partial charge in [-0.15, -0.1) is 5.10 Å². The Labute approximate surface area is 176 Å². The molecule has 2 aromatic rings. The molecule has 0 bridgehead atoms. The highest BCUT2D eigenvalue weighted by Gasteiger charge is 2.59. The number of carbonyl (C=O) groups is 1. The topological polar surface area (TPSA) is 74.5 Å². The predicted octanol–water partition coefficient (Wildman–Crippen LogP) is 3.12. The van der Waals surface area contributed by atoms with Gasteiger partial charge in [0.25, 0.3) is 0 Å². The lowest BCUT2D eigenvalue weighted by molar-refractivity contribution is -0.133. The van der Waals surface area contributed by atoms with Gasteiger partial charge in [0.05, 0.1) is 0 Å². The number of hydrogen-bond acceptors (Lipinski definition) is 6. The summed E-state index contributed by atoms with van der Waals surface area (Å²) in [6, 6.07) is 10.6. The molecule has 4 atom stereocenters. The van der Waals surface area contributed by atoms with Crippen LogP contribution < -0.4 is 10.2 Å². The number of anilines is 2. The highest BCUT2D eigenvalue weighted by atomic mass is 16.4. The second-order valence-electron chi connectivity index (χ2n) is 9.73. The summed E-state index contributed by atoms with van der Waals surface area (Å²) in [4.78, 5) is 17.2. The first kappa shape index (κ1) is 18.2. The van der Waals surface area contributed by atoms with Crippen molar-refractivity contribution in [3.63, 3.8) is 0 Å². The smallest absolute Gasteiger partial charge is 0.316 e. The SMILES string of the molecule is C[C@H](Nc1nnc(C2[C@H]3CN(c4ccccc4)C[C@@H]23)o1)C(=O)N1CCC2(CC1)CC2. The fourth-order valence-electron chi connectivity index (χ4n) is 5.57. The number of nitrogens with zero attached hydrogens (tertiary/aromatic N) is 4. The van der Waals surface area contributed by atoms with Gasteiger partial charge in [0.15, 0.2) is 0 Å². The summed E-state index contributed by atoms with van der Waals surface area (Å²) in [6.07, 6.45) is 5.00. The van der Waals surface area contributed by atoms with Crippen LogP contribution in [0.2, 0.25) is 0 Å². The number of para-hydroxylation sites is 1. The first-order chi connectivity index (χ1) is 14.6. The summed E-state index contributed by atoms with van der Waals surface area (Å²) in [5.41, 5.74) is 1.86. The molecule has 2 aliphatic heterocycles. The summed E-state index contributed by atoms with van der Waals surface area (Å²) in [6.45, 7) is 5.72. The molecular weight excluding hydrogens is 378 g/mol. The van der Waals surface area contributed by atoms with Crippen LogP contribution in [0.25, 0.3) is 0 Å². The fourth-order valence-corrected chi connectivity index (χ4v) is 5.57. The van der Waals surface area contributed by atoms with Gasteiger partial charge in [-0.1, -0.05) is 23.3 Å². The van der Waals surface area contributed by atoms with Crippen molar-refractivity contribution in [3.05, 3.63) is 36.2 Å². The summed E-state index contributed by atoms with van der Waals surface area (Å²) in [5.74, 6) is 2.37. The van der Waals surface area contributed by atoms with Crippen molar-refractivity contribution in [3.8, 4) is 0 Å². The molecule has 6 rings (SSSR count). The van der Waals surface area contributed by atoms with E-state index in [1.165, 1.54) is 18.5 Å². The molecule has 1 spiro atoms. The predicted molar refractivity (Wildman–Crippen MR) is 113 cm³/mol. The highest BCUT2D eigenvalue weighted by Crippen LogP contribution is 2.58. The van der Waals surface area contributed by atoms with Gasteiger partial charge in [-0.05, 0) is 62.0 Å². The number of nitrogens with one attached hydrogen (secondary N) is 1. The Morgan fingerprint density at radius 1 is 1.10 bits per heavy atom.